The van der Waals surface area contributed by atoms with Gasteiger partial charge in [0.15, 0.2) is 11.5 Å². The minimum absolute atomic E-state index is 0.000481. The highest BCUT2D eigenvalue weighted by Gasteiger charge is 2.54. The number of hydrogen-bond acceptors (Lipinski definition) is 9. The summed E-state index contributed by atoms with van der Waals surface area (Å²) in [5.41, 5.74) is 3.47. The molecule has 2 saturated heterocycles. The number of benzene rings is 1. The molecule has 2 fully saturated rings. The van der Waals surface area contributed by atoms with Crippen molar-refractivity contribution in [1.82, 2.24) is 29.5 Å². The fourth-order valence-corrected chi connectivity index (χ4v) is 7.01. The maximum absolute atomic E-state index is 11.7. The first-order valence-corrected chi connectivity index (χ1v) is 15.1. The molecule has 14 heteroatoms. The molecule has 3 aromatic heterocycles. The maximum atomic E-state index is 11.7. The van der Waals surface area contributed by atoms with Gasteiger partial charge < -0.3 is 14.4 Å². The van der Waals surface area contributed by atoms with Crippen LogP contribution in [0, 0.1) is 12.3 Å². The van der Waals surface area contributed by atoms with Crippen LogP contribution in [0.3, 0.4) is 0 Å². The number of H-pyrrole nitrogens is 1. The summed E-state index contributed by atoms with van der Waals surface area (Å²) in [6.45, 7) is 6.23. The molecule has 2 aliphatic rings. The smallest absolute Gasteiger partial charge is 0.225 e. The SMILES string of the molecule is COc1cc2[nH]nc(-c3cnc(N4CC5(C4)CN(S(C)(=O)=O)C5)nc3)c2cc1O[C@H](C)c1c(Cl)cnc(C)c1Cl. The van der Waals surface area contributed by atoms with Crippen LogP contribution in [-0.4, -0.2) is 77.4 Å². The Labute approximate surface area is 241 Å². The van der Waals surface area contributed by atoms with E-state index in [1.807, 2.05) is 26.0 Å². The van der Waals surface area contributed by atoms with Gasteiger partial charge in [0.1, 0.15) is 11.8 Å². The quantitative estimate of drug-likeness (QED) is 0.329. The lowest BCUT2D eigenvalue weighted by molar-refractivity contribution is 0.0389. The van der Waals surface area contributed by atoms with Gasteiger partial charge in [-0.3, -0.25) is 10.1 Å². The van der Waals surface area contributed by atoms with Crippen molar-refractivity contribution >= 4 is 50.1 Å². The number of methoxy groups -OCH3 is 1. The van der Waals surface area contributed by atoms with Gasteiger partial charge in [-0.05, 0) is 19.9 Å². The van der Waals surface area contributed by atoms with Gasteiger partial charge in [0.05, 0.1) is 34.6 Å². The molecule has 0 saturated carbocycles. The third-order valence-corrected chi connectivity index (χ3v) is 9.45. The van der Waals surface area contributed by atoms with Gasteiger partial charge >= 0.3 is 0 Å². The molecule has 1 N–H and O–H groups in total. The number of aromatic amines is 1. The van der Waals surface area contributed by atoms with E-state index < -0.39 is 16.1 Å². The molecule has 11 nitrogen and oxygen atoms in total. The largest absolute Gasteiger partial charge is 0.493 e. The van der Waals surface area contributed by atoms with Crippen LogP contribution in [0.25, 0.3) is 22.2 Å². The first-order valence-electron chi connectivity index (χ1n) is 12.5. The zero-order valence-electron chi connectivity index (χ0n) is 22.3. The highest BCUT2D eigenvalue weighted by Crippen LogP contribution is 2.43. The molecule has 4 aromatic rings. The molecular weight excluding hydrogens is 577 g/mol. The van der Waals surface area contributed by atoms with Gasteiger partial charge in [-0.2, -0.15) is 5.10 Å². The van der Waals surface area contributed by atoms with Gasteiger partial charge in [-0.1, -0.05) is 23.2 Å². The highest BCUT2D eigenvalue weighted by molar-refractivity contribution is 7.88. The summed E-state index contributed by atoms with van der Waals surface area (Å²) >= 11 is 12.9. The number of fused-ring (bicyclic) bond motifs is 1. The van der Waals surface area contributed by atoms with E-state index in [2.05, 4.69) is 30.0 Å². The number of pyridine rings is 1. The molecule has 6 rings (SSSR count). The van der Waals surface area contributed by atoms with Crippen molar-refractivity contribution in [3.63, 3.8) is 0 Å². The standard InChI is InChI=1S/C26H27Cl2N7O4S/c1-14-23(28)22(18(27)9-29-14)15(2)39-21-5-17-19(6-20(21)38-3)32-33-24(17)16-7-30-25(31-8-16)34-10-26(11-34)12-35(13-26)40(4,36)37/h5-9,15H,10-13H2,1-4H3,(H,32,33)/t15-/m1/s1. The summed E-state index contributed by atoms with van der Waals surface area (Å²) in [6, 6.07) is 3.68. The van der Waals surface area contributed by atoms with E-state index in [1.54, 1.807) is 25.7 Å². The molecule has 5 heterocycles. The number of hydrogen-bond donors (Lipinski definition) is 1. The Kier molecular flexibility index (Phi) is 6.56. The summed E-state index contributed by atoms with van der Waals surface area (Å²) in [6.07, 6.45) is 5.80. The van der Waals surface area contributed by atoms with E-state index in [4.69, 9.17) is 32.7 Å². The average molecular weight is 605 g/mol. The highest BCUT2D eigenvalue weighted by atomic mass is 35.5. The third-order valence-electron chi connectivity index (χ3n) is 7.48. The minimum Gasteiger partial charge on any atom is -0.493 e. The van der Waals surface area contributed by atoms with E-state index in [1.165, 1.54) is 10.6 Å². The van der Waals surface area contributed by atoms with Crippen LogP contribution >= 0.6 is 23.2 Å². The van der Waals surface area contributed by atoms with Crippen LogP contribution in [0.5, 0.6) is 11.5 Å². The van der Waals surface area contributed by atoms with E-state index in [0.717, 1.165) is 29.6 Å². The molecule has 1 atom stereocenters. The van der Waals surface area contributed by atoms with Crippen molar-refractivity contribution < 1.29 is 17.9 Å². The van der Waals surface area contributed by atoms with Gasteiger partial charge in [0.2, 0.25) is 16.0 Å². The lowest BCUT2D eigenvalue weighted by atomic mass is 9.74. The van der Waals surface area contributed by atoms with Crippen LogP contribution < -0.4 is 14.4 Å². The Bertz CT molecular complexity index is 1720. The third kappa shape index (κ3) is 4.62. The molecule has 1 spiro atoms. The van der Waals surface area contributed by atoms with Crippen molar-refractivity contribution in [2.24, 2.45) is 5.41 Å². The molecule has 0 unspecified atom stereocenters. The van der Waals surface area contributed by atoms with Crippen molar-refractivity contribution in [1.29, 1.82) is 0 Å². The van der Waals surface area contributed by atoms with E-state index in [0.29, 0.717) is 57.5 Å². The lowest BCUT2D eigenvalue weighted by Crippen LogP contribution is -2.73. The van der Waals surface area contributed by atoms with Gasteiger partial charge in [-0.25, -0.2) is 22.7 Å². The van der Waals surface area contributed by atoms with E-state index in [9.17, 15) is 8.42 Å². The Balaban J connectivity index is 1.23. The van der Waals surface area contributed by atoms with Crippen LogP contribution in [0.4, 0.5) is 5.95 Å². The van der Waals surface area contributed by atoms with Crippen LogP contribution in [0.1, 0.15) is 24.3 Å². The normalized spacial score (nSPS) is 17.5. The molecule has 2 aliphatic heterocycles. The molecule has 0 radical (unpaired) electrons. The van der Waals surface area contributed by atoms with Crippen molar-refractivity contribution in [2.75, 3.05) is 44.4 Å². The van der Waals surface area contributed by atoms with Crippen molar-refractivity contribution in [3.8, 4) is 22.8 Å². The number of nitrogens with one attached hydrogen (secondary N) is 1. The molecular formula is C26H27Cl2N7O4S. The number of rotatable bonds is 7. The fourth-order valence-electron chi connectivity index (χ4n) is 5.35. The van der Waals surface area contributed by atoms with Gasteiger partial charge in [0, 0.05) is 72.8 Å². The Morgan fingerprint density at radius 2 is 1.75 bits per heavy atom. The lowest BCUT2D eigenvalue weighted by Gasteiger charge is -2.59. The number of anilines is 1. The van der Waals surface area contributed by atoms with Gasteiger partial charge in [0.25, 0.3) is 0 Å². The van der Waals surface area contributed by atoms with Crippen molar-refractivity contribution in [2.45, 2.75) is 20.0 Å². The Morgan fingerprint density at radius 1 is 1.05 bits per heavy atom. The summed E-state index contributed by atoms with van der Waals surface area (Å²) in [4.78, 5) is 15.4. The molecule has 0 aliphatic carbocycles. The average Bonchev–Trinajstić information content (AvgIpc) is 3.26. The Morgan fingerprint density at radius 3 is 2.40 bits per heavy atom. The number of ether oxygens (including phenoxy) is 2. The number of aromatic nitrogens is 5. The second-order valence-corrected chi connectivity index (χ2v) is 13.2. The van der Waals surface area contributed by atoms with Crippen LogP contribution in [-0.2, 0) is 10.0 Å². The topological polar surface area (TPSA) is 126 Å². The molecule has 0 bridgehead atoms. The summed E-state index contributed by atoms with van der Waals surface area (Å²) in [5.74, 6) is 1.63. The monoisotopic (exact) mass is 603 g/mol. The molecule has 40 heavy (non-hydrogen) atoms. The second kappa shape index (κ2) is 9.72. The van der Waals surface area contributed by atoms with E-state index in [-0.39, 0.29) is 5.41 Å². The number of sulfonamides is 1. The number of aryl methyl sites for hydroxylation is 1. The summed E-state index contributed by atoms with van der Waals surface area (Å²) in [7, 11) is -1.57. The first-order chi connectivity index (χ1) is 19.0. The van der Waals surface area contributed by atoms with Crippen molar-refractivity contribution in [3.05, 3.63) is 52.0 Å². The molecule has 0 amide bonds. The maximum Gasteiger partial charge on any atom is 0.225 e. The predicted octanol–water partition coefficient (Wildman–Crippen LogP) is 4.26. The molecule has 210 valence electrons. The predicted molar refractivity (Wildman–Crippen MR) is 153 cm³/mol. The number of nitrogens with zero attached hydrogens (tertiary/aromatic N) is 6. The van der Waals surface area contributed by atoms with E-state index >= 15 is 0 Å². The first kappa shape index (κ1) is 27.0. The second-order valence-electron chi connectivity index (χ2n) is 10.5. The summed E-state index contributed by atoms with van der Waals surface area (Å²) in [5, 5.41) is 9.23. The zero-order valence-corrected chi connectivity index (χ0v) is 24.6. The van der Waals surface area contributed by atoms with Gasteiger partial charge in [-0.15, -0.1) is 0 Å². The van der Waals surface area contributed by atoms with Crippen LogP contribution in [0.2, 0.25) is 10.0 Å². The van der Waals surface area contributed by atoms with Crippen LogP contribution in [0.15, 0.2) is 30.7 Å². The number of halogens is 2. The molecule has 1 aromatic carbocycles. The Hall–Kier alpha value is -3.19. The minimum atomic E-state index is -3.14. The summed E-state index contributed by atoms with van der Waals surface area (Å²) < 4.78 is 36.8. The zero-order chi connectivity index (χ0) is 28.4. The fraction of sp³-hybridized carbons (Fsp3) is 0.385.